The lowest BCUT2D eigenvalue weighted by molar-refractivity contribution is 0.412. The average molecular weight is 402 g/mol. The number of hydrogen-bond donors (Lipinski definition) is 2. The Kier molecular flexibility index (Phi) is 4.82. The van der Waals surface area contributed by atoms with Crippen molar-refractivity contribution in [3.05, 3.63) is 33.0 Å². The van der Waals surface area contributed by atoms with E-state index in [1.165, 1.54) is 0 Å². The van der Waals surface area contributed by atoms with E-state index in [1.807, 2.05) is 19.1 Å². The zero-order valence-corrected chi connectivity index (χ0v) is 14.2. The molecular formula is C13H14Br2N4O. The number of hydrogen-bond acceptors (Lipinski definition) is 5. The van der Waals surface area contributed by atoms with Gasteiger partial charge in [-0.05, 0) is 37.9 Å². The summed E-state index contributed by atoms with van der Waals surface area (Å²) in [5.74, 6) is 2.53. The predicted octanol–water partition coefficient (Wildman–Crippen LogP) is 3.90. The molecule has 0 spiro atoms. The number of nitrogens with zero attached hydrogens (tertiary/aromatic N) is 2. The summed E-state index contributed by atoms with van der Waals surface area (Å²) in [5.41, 5.74) is 6.61. The number of methoxy groups -OCH3 is 1. The van der Waals surface area contributed by atoms with Crippen LogP contribution in [0.3, 0.4) is 0 Å². The molecule has 1 aromatic heterocycles. The minimum Gasteiger partial charge on any atom is -0.495 e. The predicted molar refractivity (Wildman–Crippen MR) is 87.5 cm³/mol. The number of anilines is 3. The molecule has 5 nitrogen and oxygen atoms in total. The van der Waals surface area contributed by atoms with Crippen LogP contribution in [0.25, 0.3) is 0 Å². The minimum atomic E-state index is 0.444. The molecule has 2 aromatic rings. The molecular weight excluding hydrogens is 388 g/mol. The minimum absolute atomic E-state index is 0.444. The van der Waals surface area contributed by atoms with Crippen molar-refractivity contribution >= 4 is 49.2 Å². The third kappa shape index (κ3) is 3.40. The first kappa shape index (κ1) is 15.1. The van der Waals surface area contributed by atoms with Gasteiger partial charge in [-0.25, -0.2) is 9.97 Å². The van der Waals surface area contributed by atoms with Gasteiger partial charge in [0.15, 0.2) is 0 Å². The van der Waals surface area contributed by atoms with E-state index in [4.69, 9.17) is 10.5 Å². The van der Waals surface area contributed by atoms with Crippen LogP contribution in [0, 0.1) is 0 Å². The number of benzene rings is 1. The van der Waals surface area contributed by atoms with Gasteiger partial charge in [0.2, 0.25) is 0 Å². The van der Waals surface area contributed by atoms with Crippen molar-refractivity contribution in [2.45, 2.75) is 13.3 Å². The fourth-order valence-corrected chi connectivity index (χ4v) is 2.91. The zero-order chi connectivity index (χ0) is 14.7. The summed E-state index contributed by atoms with van der Waals surface area (Å²) >= 11 is 6.93. The highest BCUT2D eigenvalue weighted by molar-refractivity contribution is 9.11. The van der Waals surface area contributed by atoms with Crippen LogP contribution < -0.4 is 15.8 Å². The van der Waals surface area contributed by atoms with Gasteiger partial charge in [0.1, 0.15) is 23.2 Å². The van der Waals surface area contributed by atoms with Gasteiger partial charge in [0.05, 0.1) is 17.3 Å². The quantitative estimate of drug-likeness (QED) is 0.812. The van der Waals surface area contributed by atoms with Crippen molar-refractivity contribution in [3.8, 4) is 5.75 Å². The Hall–Kier alpha value is -1.34. The molecule has 0 radical (unpaired) electrons. The monoisotopic (exact) mass is 400 g/mol. The van der Waals surface area contributed by atoms with Crippen LogP contribution in [-0.2, 0) is 6.42 Å². The van der Waals surface area contributed by atoms with E-state index in [9.17, 15) is 0 Å². The van der Waals surface area contributed by atoms with E-state index >= 15 is 0 Å². The van der Waals surface area contributed by atoms with Gasteiger partial charge >= 0.3 is 0 Å². The Labute approximate surface area is 134 Å². The molecule has 0 saturated carbocycles. The largest absolute Gasteiger partial charge is 0.495 e. The molecule has 2 rings (SSSR count). The molecule has 3 N–H and O–H groups in total. The van der Waals surface area contributed by atoms with E-state index in [2.05, 4.69) is 47.1 Å². The molecule has 0 amide bonds. The van der Waals surface area contributed by atoms with Crippen LogP contribution in [0.15, 0.2) is 27.1 Å². The van der Waals surface area contributed by atoms with Gasteiger partial charge in [-0.2, -0.15) is 0 Å². The smallest absolute Gasteiger partial charge is 0.136 e. The number of aryl methyl sites for hydroxylation is 1. The highest BCUT2D eigenvalue weighted by Gasteiger charge is 2.09. The summed E-state index contributed by atoms with van der Waals surface area (Å²) in [6.45, 7) is 1.98. The van der Waals surface area contributed by atoms with Crippen molar-refractivity contribution < 1.29 is 4.74 Å². The first-order valence-corrected chi connectivity index (χ1v) is 7.55. The SMILES string of the molecule is CCc1nc(N)cc(Nc2cc(OC)c(Br)cc2Br)n1. The highest BCUT2D eigenvalue weighted by Crippen LogP contribution is 2.35. The Morgan fingerprint density at radius 2 is 1.95 bits per heavy atom. The maximum Gasteiger partial charge on any atom is 0.136 e. The van der Waals surface area contributed by atoms with Crippen molar-refractivity contribution in [2.24, 2.45) is 0 Å². The lowest BCUT2D eigenvalue weighted by Crippen LogP contribution is -2.03. The maximum absolute atomic E-state index is 5.77. The summed E-state index contributed by atoms with van der Waals surface area (Å²) < 4.78 is 7.04. The Morgan fingerprint density at radius 3 is 2.60 bits per heavy atom. The van der Waals surface area contributed by atoms with E-state index in [1.54, 1.807) is 13.2 Å². The Bertz CT molecular complexity index is 634. The topological polar surface area (TPSA) is 73.1 Å². The molecule has 0 fully saturated rings. The number of aromatic nitrogens is 2. The van der Waals surface area contributed by atoms with Crippen LogP contribution in [0.2, 0.25) is 0 Å². The molecule has 0 atom stereocenters. The third-order valence-corrected chi connectivity index (χ3v) is 3.89. The molecule has 0 bridgehead atoms. The average Bonchev–Trinajstić information content (AvgIpc) is 2.41. The molecule has 106 valence electrons. The fraction of sp³-hybridized carbons (Fsp3) is 0.231. The van der Waals surface area contributed by atoms with Gasteiger partial charge in [-0.15, -0.1) is 0 Å². The molecule has 0 aliphatic rings. The standard InChI is InChI=1S/C13H14Br2N4O/c1-3-12-18-11(16)6-13(19-12)17-9-5-10(20-2)8(15)4-7(9)14/h4-6H,3H2,1-2H3,(H3,16,17,18,19). The van der Waals surface area contributed by atoms with Crippen molar-refractivity contribution in [1.29, 1.82) is 0 Å². The fourth-order valence-electron chi connectivity index (χ4n) is 1.66. The highest BCUT2D eigenvalue weighted by atomic mass is 79.9. The number of nitrogens with one attached hydrogen (secondary N) is 1. The molecule has 0 saturated heterocycles. The second-order valence-corrected chi connectivity index (χ2v) is 5.75. The maximum atomic E-state index is 5.77. The van der Waals surface area contributed by atoms with Crippen LogP contribution in [0.5, 0.6) is 5.75 Å². The summed E-state index contributed by atoms with van der Waals surface area (Å²) in [7, 11) is 1.62. The van der Waals surface area contributed by atoms with E-state index < -0.39 is 0 Å². The number of halogens is 2. The lowest BCUT2D eigenvalue weighted by atomic mass is 10.3. The van der Waals surface area contributed by atoms with Gasteiger partial charge in [0, 0.05) is 23.0 Å². The summed E-state index contributed by atoms with van der Waals surface area (Å²) in [6, 6.07) is 5.48. The summed E-state index contributed by atoms with van der Waals surface area (Å²) in [4.78, 5) is 8.54. The van der Waals surface area contributed by atoms with Crippen LogP contribution in [-0.4, -0.2) is 17.1 Å². The summed E-state index contributed by atoms with van der Waals surface area (Å²) in [5, 5.41) is 3.21. The molecule has 7 heteroatoms. The zero-order valence-electron chi connectivity index (χ0n) is 11.1. The van der Waals surface area contributed by atoms with Gasteiger partial charge in [-0.1, -0.05) is 6.92 Å². The number of ether oxygens (including phenoxy) is 1. The molecule has 20 heavy (non-hydrogen) atoms. The second kappa shape index (κ2) is 6.41. The summed E-state index contributed by atoms with van der Waals surface area (Å²) in [6.07, 6.45) is 0.727. The van der Waals surface area contributed by atoms with Crippen molar-refractivity contribution in [2.75, 3.05) is 18.2 Å². The lowest BCUT2D eigenvalue weighted by Gasteiger charge is -2.12. The Balaban J connectivity index is 2.36. The van der Waals surface area contributed by atoms with Gasteiger partial charge in [-0.3, -0.25) is 0 Å². The third-order valence-electron chi connectivity index (χ3n) is 2.61. The first-order chi connectivity index (χ1) is 9.53. The molecule has 0 aliphatic heterocycles. The normalized spacial score (nSPS) is 10.4. The van der Waals surface area contributed by atoms with Crippen LogP contribution in [0.4, 0.5) is 17.3 Å². The molecule has 1 aromatic carbocycles. The number of nitrogens with two attached hydrogens (primary N) is 1. The van der Waals surface area contributed by atoms with E-state index in [0.717, 1.165) is 26.8 Å². The van der Waals surface area contributed by atoms with Gasteiger partial charge in [0.25, 0.3) is 0 Å². The van der Waals surface area contributed by atoms with Crippen molar-refractivity contribution in [1.82, 2.24) is 9.97 Å². The molecule has 1 heterocycles. The molecule has 0 unspecified atom stereocenters. The number of rotatable bonds is 4. The Morgan fingerprint density at radius 1 is 1.20 bits per heavy atom. The van der Waals surface area contributed by atoms with E-state index in [-0.39, 0.29) is 0 Å². The first-order valence-electron chi connectivity index (χ1n) is 5.97. The van der Waals surface area contributed by atoms with Crippen molar-refractivity contribution in [3.63, 3.8) is 0 Å². The van der Waals surface area contributed by atoms with E-state index in [0.29, 0.717) is 17.5 Å². The number of nitrogen functional groups attached to an aromatic ring is 1. The molecule has 0 aliphatic carbocycles. The van der Waals surface area contributed by atoms with Crippen LogP contribution >= 0.6 is 31.9 Å². The van der Waals surface area contributed by atoms with Crippen LogP contribution in [0.1, 0.15) is 12.7 Å². The second-order valence-electron chi connectivity index (χ2n) is 4.04. The van der Waals surface area contributed by atoms with Gasteiger partial charge < -0.3 is 15.8 Å².